The van der Waals surface area contributed by atoms with Crippen molar-refractivity contribution in [3.63, 3.8) is 0 Å². The van der Waals surface area contributed by atoms with Crippen LogP contribution in [0, 0.1) is 0 Å². The number of thiazole rings is 1. The van der Waals surface area contributed by atoms with E-state index in [9.17, 15) is 4.79 Å². The van der Waals surface area contributed by atoms with Crippen LogP contribution in [0.3, 0.4) is 0 Å². The van der Waals surface area contributed by atoms with Gasteiger partial charge in [-0.3, -0.25) is 4.79 Å². The lowest BCUT2D eigenvalue weighted by atomic mass is 10.2. The van der Waals surface area contributed by atoms with Gasteiger partial charge in [-0.05, 0) is 42.5 Å². The molecule has 0 bridgehead atoms. The van der Waals surface area contributed by atoms with E-state index >= 15 is 0 Å². The Morgan fingerprint density at radius 2 is 1.86 bits per heavy atom. The van der Waals surface area contributed by atoms with Crippen LogP contribution >= 0.6 is 11.3 Å². The van der Waals surface area contributed by atoms with Crippen molar-refractivity contribution in [2.75, 3.05) is 18.5 Å². The molecule has 3 heterocycles. The minimum atomic E-state index is -0.249. The number of amides is 1. The largest absolute Gasteiger partial charge is 0.490 e. The van der Waals surface area contributed by atoms with Gasteiger partial charge in [0.2, 0.25) is 0 Å². The van der Waals surface area contributed by atoms with E-state index in [1.165, 1.54) is 0 Å². The summed E-state index contributed by atoms with van der Waals surface area (Å²) in [7, 11) is 0. The summed E-state index contributed by atoms with van der Waals surface area (Å²) in [6.45, 7) is 1.19. The molecule has 6 nitrogen and oxygen atoms in total. The Morgan fingerprint density at radius 3 is 2.69 bits per heavy atom. The molecule has 0 unspecified atom stereocenters. The summed E-state index contributed by atoms with van der Waals surface area (Å²) in [6.07, 6.45) is 2.54. The number of para-hydroxylation sites is 1. The van der Waals surface area contributed by atoms with Crippen molar-refractivity contribution in [2.45, 2.75) is 6.42 Å². The van der Waals surface area contributed by atoms with Crippen molar-refractivity contribution in [2.24, 2.45) is 0 Å². The van der Waals surface area contributed by atoms with Crippen LogP contribution in [0.15, 0.2) is 60.8 Å². The van der Waals surface area contributed by atoms with E-state index in [1.54, 1.807) is 41.8 Å². The SMILES string of the molecule is O=C(Nc1ccc(-c2nc3ccccc3s2)cn1)c1ccc2c(c1)OCCCO2. The Kier molecular flexibility index (Phi) is 4.57. The highest BCUT2D eigenvalue weighted by Crippen LogP contribution is 2.31. The smallest absolute Gasteiger partial charge is 0.256 e. The van der Waals surface area contributed by atoms with E-state index in [-0.39, 0.29) is 5.91 Å². The number of hydrogen-bond donors (Lipinski definition) is 1. The molecule has 0 aliphatic carbocycles. The Morgan fingerprint density at radius 1 is 1.00 bits per heavy atom. The lowest BCUT2D eigenvalue weighted by Gasteiger charge is -2.09. The second kappa shape index (κ2) is 7.52. The van der Waals surface area contributed by atoms with Crippen LogP contribution in [0.4, 0.5) is 5.82 Å². The Hall–Kier alpha value is -3.45. The third-order valence-electron chi connectivity index (χ3n) is 4.56. The molecule has 1 aliphatic rings. The van der Waals surface area contributed by atoms with Crippen LogP contribution < -0.4 is 14.8 Å². The van der Waals surface area contributed by atoms with Gasteiger partial charge in [-0.25, -0.2) is 9.97 Å². The maximum absolute atomic E-state index is 12.6. The number of aromatic nitrogens is 2. The van der Waals surface area contributed by atoms with E-state index in [2.05, 4.69) is 15.3 Å². The standard InChI is InChI=1S/C22H17N3O3S/c26-21(14-6-8-17-18(12-14)28-11-3-10-27-17)25-20-9-7-15(13-23-20)22-24-16-4-1-2-5-19(16)29-22/h1-2,4-9,12-13H,3,10-11H2,(H,23,25,26). The molecule has 5 rings (SSSR count). The summed E-state index contributed by atoms with van der Waals surface area (Å²) >= 11 is 1.62. The van der Waals surface area contributed by atoms with Gasteiger partial charge in [0.05, 0.1) is 23.4 Å². The van der Waals surface area contributed by atoms with Crippen LogP contribution in [-0.4, -0.2) is 29.1 Å². The number of pyridine rings is 1. The molecule has 29 heavy (non-hydrogen) atoms. The number of rotatable bonds is 3. The highest BCUT2D eigenvalue weighted by atomic mass is 32.1. The average Bonchev–Trinajstić information content (AvgIpc) is 3.05. The van der Waals surface area contributed by atoms with Crippen LogP contribution in [0.5, 0.6) is 11.5 Å². The van der Waals surface area contributed by atoms with E-state index in [4.69, 9.17) is 9.47 Å². The summed E-state index contributed by atoms with van der Waals surface area (Å²) in [5.41, 5.74) is 2.38. The van der Waals surface area contributed by atoms with Gasteiger partial charge in [0.15, 0.2) is 11.5 Å². The van der Waals surface area contributed by atoms with Crippen LogP contribution in [0.1, 0.15) is 16.8 Å². The number of nitrogens with one attached hydrogen (secondary N) is 1. The number of carbonyl (C=O) groups excluding carboxylic acids is 1. The normalized spacial score (nSPS) is 13.1. The van der Waals surface area contributed by atoms with Crippen molar-refractivity contribution >= 4 is 33.3 Å². The quantitative estimate of drug-likeness (QED) is 0.533. The first-order valence-corrected chi connectivity index (χ1v) is 10.1. The second-order valence-corrected chi connectivity index (χ2v) is 7.62. The maximum atomic E-state index is 12.6. The van der Waals surface area contributed by atoms with E-state index in [0.29, 0.717) is 36.1 Å². The van der Waals surface area contributed by atoms with Gasteiger partial charge in [-0.1, -0.05) is 12.1 Å². The fraction of sp³-hybridized carbons (Fsp3) is 0.136. The average molecular weight is 403 g/mol. The molecular weight excluding hydrogens is 386 g/mol. The fourth-order valence-corrected chi connectivity index (χ4v) is 4.04. The molecule has 1 N–H and O–H groups in total. The number of ether oxygens (including phenoxy) is 2. The molecule has 2 aromatic heterocycles. The number of carbonyl (C=O) groups is 1. The Labute approximate surface area is 171 Å². The molecule has 1 amide bonds. The van der Waals surface area contributed by atoms with Crippen molar-refractivity contribution in [1.29, 1.82) is 0 Å². The van der Waals surface area contributed by atoms with Crippen molar-refractivity contribution in [1.82, 2.24) is 9.97 Å². The van der Waals surface area contributed by atoms with Crippen molar-refractivity contribution in [3.8, 4) is 22.1 Å². The van der Waals surface area contributed by atoms with Gasteiger partial charge in [0.1, 0.15) is 10.8 Å². The summed E-state index contributed by atoms with van der Waals surface area (Å²) in [4.78, 5) is 21.6. The first-order valence-electron chi connectivity index (χ1n) is 9.29. The molecule has 7 heteroatoms. The first kappa shape index (κ1) is 17.6. The number of nitrogens with zero attached hydrogens (tertiary/aromatic N) is 2. The molecular formula is C22H17N3O3S. The van der Waals surface area contributed by atoms with Crippen LogP contribution in [0.25, 0.3) is 20.8 Å². The van der Waals surface area contributed by atoms with Gasteiger partial charge in [-0.15, -0.1) is 11.3 Å². The second-order valence-electron chi connectivity index (χ2n) is 6.58. The van der Waals surface area contributed by atoms with Gasteiger partial charge in [0, 0.05) is 23.7 Å². The molecule has 0 fully saturated rings. The Bertz CT molecular complexity index is 1150. The van der Waals surface area contributed by atoms with Gasteiger partial charge in [-0.2, -0.15) is 0 Å². The highest BCUT2D eigenvalue weighted by molar-refractivity contribution is 7.21. The monoisotopic (exact) mass is 403 g/mol. The zero-order chi connectivity index (χ0) is 19.6. The fourth-order valence-electron chi connectivity index (χ4n) is 3.08. The van der Waals surface area contributed by atoms with Gasteiger partial charge >= 0.3 is 0 Å². The minimum Gasteiger partial charge on any atom is -0.490 e. The van der Waals surface area contributed by atoms with Crippen molar-refractivity contribution < 1.29 is 14.3 Å². The number of benzene rings is 2. The van der Waals surface area contributed by atoms with Crippen LogP contribution in [-0.2, 0) is 0 Å². The van der Waals surface area contributed by atoms with E-state index in [0.717, 1.165) is 27.2 Å². The molecule has 0 saturated carbocycles. The molecule has 2 aromatic carbocycles. The topological polar surface area (TPSA) is 73.3 Å². The number of fused-ring (bicyclic) bond motifs is 2. The predicted octanol–water partition coefficient (Wildman–Crippen LogP) is 4.77. The molecule has 144 valence electrons. The zero-order valence-corrected chi connectivity index (χ0v) is 16.2. The molecule has 0 atom stereocenters. The predicted molar refractivity (Wildman–Crippen MR) is 113 cm³/mol. The lowest BCUT2D eigenvalue weighted by Crippen LogP contribution is -2.13. The third-order valence-corrected chi connectivity index (χ3v) is 5.64. The Balaban J connectivity index is 1.33. The molecule has 4 aromatic rings. The summed E-state index contributed by atoms with van der Waals surface area (Å²) in [5, 5.41) is 3.72. The molecule has 0 spiro atoms. The summed E-state index contributed by atoms with van der Waals surface area (Å²) in [5.74, 6) is 1.49. The zero-order valence-electron chi connectivity index (χ0n) is 15.4. The van der Waals surface area contributed by atoms with Gasteiger partial charge in [0.25, 0.3) is 5.91 Å². The minimum absolute atomic E-state index is 0.249. The van der Waals surface area contributed by atoms with Crippen LogP contribution in [0.2, 0.25) is 0 Å². The van der Waals surface area contributed by atoms with E-state index in [1.807, 2.05) is 30.3 Å². The summed E-state index contributed by atoms with van der Waals surface area (Å²) in [6, 6.07) is 16.9. The van der Waals surface area contributed by atoms with Crippen molar-refractivity contribution in [3.05, 3.63) is 66.4 Å². The first-order chi connectivity index (χ1) is 14.3. The molecule has 0 radical (unpaired) electrons. The molecule has 1 aliphatic heterocycles. The third kappa shape index (κ3) is 3.64. The number of hydrogen-bond acceptors (Lipinski definition) is 6. The highest BCUT2D eigenvalue weighted by Gasteiger charge is 2.15. The lowest BCUT2D eigenvalue weighted by molar-refractivity contribution is 0.102. The number of anilines is 1. The van der Waals surface area contributed by atoms with Gasteiger partial charge < -0.3 is 14.8 Å². The maximum Gasteiger partial charge on any atom is 0.256 e. The van der Waals surface area contributed by atoms with E-state index < -0.39 is 0 Å². The molecule has 0 saturated heterocycles. The summed E-state index contributed by atoms with van der Waals surface area (Å²) < 4.78 is 12.4.